The minimum Gasteiger partial charge on any atom is -0.365 e. The Labute approximate surface area is 168 Å². The molecule has 0 spiro atoms. The number of aromatic nitrogens is 1. The fraction of sp³-hybridized carbons (Fsp3) is 0.500. The van der Waals surface area contributed by atoms with Crippen LogP contribution < -0.4 is 15.5 Å². The van der Waals surface area contributed by atoms with E-state index >= 15 is 0 Å². The zero-order valence-corrected chi connectivity index (χ0v) is 17.5. The van der Waals surface area contributed by atoms with Crippen molar-refractivity contribution in [3.8, 4) is 0 Å². The number of hydrogen-bond acceptors (Lipinski definition) is 4. The Balaban J connectivity index is 1.55. The van der Waals surface area contributed by atoms with E-state index in [2.05, 4.69) is 46.8 Å². The van der Waals surface area contributed by atoms with Crippen LogP contribution in [0.5, 0.6) is 0 Å². The second kappa shape index (κ2) is 8.43. The molecule has 1 fully saturated rings. The number of nitrogens with one attached hydrogen (secondary N) is 2. The third-order valence-corrected chi connectivity index (χ3v) is 5.95. The fourth-order valence-corrected chi connectivity index (χ4v) is 4.07. The topological polar surface area (TPSA) is 52.6 Å². The number of nitrogens with zero attached hydrogens (tertiary/aromatic N) is 3. The predicted octanol–water partition coefficient (Wildman–Crippen LogP) is 3.66. The van der Waals surface area contributed by atoms with Gasteiger partial charge in [-0.25, -0.2) is 13.8 Å². The van der Waals surface area contributed by atoms with Gasteiger partial charge in [0.15, 0.2) is 5.96 Å². The average Bonchev–Trinajstić information content (AvgIpc) is 3.28. The molecule has 1 saturated heterocycles. The summed E-state index contributed by atoms with van der Waals surface area (Å²) >= 11 is 1.66. The van der Waals surface area contributed by atoms with Gasteiger partial charge in [0.1, 0.15) is 17.3 Å². The third-order valence-electron chi connectivity index (χ3n) is 4.64. The molecule has 152 valence electrons. The third kappa shape index (κ3) is 4.79. The number of anilines is 1. The van der Waals surface area contributed by atoms with Gasteiger partial charge in [0.25, 0.3) is 0 Å². The van der Waals surface area contributed by atoms with Gasteiger partial charge in [-0.05, 0) is 18.6 Å². The lowest BCUT2D eigenvalue weighted by Gasteiger charge is -2.21. The molecule has 1 aromatic heterocycles. The van der Waals surface area contributed by atoms with E-state index in [1.165, 1.54) is 18.2 Å². The van der Waals surface area contributed by atoms with Crippen molar-refractivity contribution in [3.63, 3.8) is 0 Å². The number of benzene rings is 1. The number of hydrogen-bond donors (Lipinski definition) is 2. The zero-order valence-electron chi connectivity index (χ0n) is 16.7. The molecular formula is C20H27F2N5S. The summed E-state index contributed by atoms with van der Waals surface area (Å²) in [6, 6.07) is 4.03. The fourth-order valence-electron chi connectivity index (χ4n) is 3.17. The van der Waals surface area contributed by atoms with Crippen molar-refractivity contribution < 1.29 is 8.78 Å². The summed E-state index contributed by atoms with van der Waals surface area (Å²) < 4.78 is 28.0. The Morgan fingerprint density at radius 3 is 2.64 bits per heavy atom. The van der Waals surface area contributed by atoms with Gasteiger partial charge in [-0.1, -0.05) is 26.8 Å². The molecule has 1 unspecified atom stereocenters. The molecule has 1 atom stereocenters. The van der Waals surface area contributed by atoms with E-state index < -0.39 is 11.6 Å². The average molecular weight is 408 g/mol. The largest absolute Gasteiger partial charge is 0.365 e. The molecule has 3 rings (SSSR count). The first-order chi connectivity index (χ1) is 13.3. The van der Waals surface area contributed by atoms with Crippen LogP contribution in [0.1, 0.15) is 37.9 Å². The highest BCUT2D eigenvalue weighted by Crippen LogP contribution is 2.27. The van der Waals surface area contributed by atoms with Gasteiger partial charge in [0.05, 0.1) is 17.2 Å². The van der Waals surface area contributed by atoms with Crippen molar-refractivity contribution in [2.45, 2.75) is 45.2 Å². The number of rotatable bonds is 4. The Kier molecular flexibility index (Phi) is 6.17. The highest BCUT2D eigenvalue weighted by Gasteiger charge is 2.27. The molecule has 0 aliphatic carbocycles. The number of thiazole rings is 1. The molecular weight excluding hydrogens is 380 g/mol. The zero-order chi connectivity index (χ0) is 20.3. The lowest BCUT2D eigenvalue weighted by Crippen LogP contribution is -2.44. The molecule has 8 heteroatoms. The maximum atomic E-state index is 14.0. The van der Waals surface area contributed by atoms with E-state index in [1.807, 2.05) is 0 Å². The molecule has 0 saturated carbocycles. The summed E-state index contributed by atoms with van der Waals surface area (Å²) in [7, 11) is 1.71. The van der Waals surface area contributed by atoms with Crippen LogP contribution in [0.4, 0.5) is 14.5 Å². The molecule has 2 aromatic rings. The predicted molar refractivity (Wildman–Crippen MR) is 111 cm³/mol. The summed E-state index contributed by atoms with van der Waals surface area (Å²) in [6.45, 7) is 8.12. The Morgan fingerprint density at radius 1 is 1.32 bits per heavy atom. The molecule has 0 amide bonds. The van der Waals surface area contributed by atoms with Crippen molar-refractivity contribution in [2.75, 3.05) is 25.0 Å². The molecule has 0 bridgehead atoms. The molecule has 28 heavy (non-hydrogen) atoms. The Morgan fingerprint density at radius 2 is 2.04 bits per heavy atom. The number of aliphatic imine (C=N–C) groups is 1. The van der Waals surface area contributed by atoms with Crippen molar-refractivity contribution in [3.05, 3.63) is 45.9 Å². The monoisotopic (exact) mass is 407 g/mol. The van der Waals surface area contributed by atoms with Crippen LogP contribution in [0.2, 0.25) is 0 Å². The maximum absolute atomic E-state index is 14.0. The van der Waals surface area contributed by atoms with Crippen LogP contribution in [0.25, 0.3) is 0 Å². The first-order valence-electron chi connectivity index (χ1n) is 9.39. The highest BCUT2D eigenvalue weighted by atomic mass is 32.1. The van der Waals surface area contributed by atoms with E-state index in [0.717, 1.165) is 17.1 Å². The Hall–Kier alpha value is -2.22. The normalized spacial score (nSPS) is 17.9. The summed E-state index contributed by atoms with van der Waals surface area (Å²) in [5.74, 6) is -0.395. The first kappa shape index (κ1) is 20.5. The van der Waals surface area contributed by atoms with Gasteiger partial charge in [0, 0.05) is 37.0 Å². The van der Waals surface area contributed by atoms with Gasteiger partial charge in [-0.2, -0.15) is 0 Å². The van der Waals surface area contributed by atoms with Gasteiger partial charge >= 0.3 is 0 Å². The molecule has 5 nitrogen and oxygen atoms in total. The molecule has 0 radical (unpaired) electrons. The van der Waals surface area contributed by atoms with E-state index in [-0.39, 0.29) is 17.1 Å². The first-order valence-corrected chi connectivity index (χ1v) is 10.3. The SMILES string of the molecule is CN=C(NCc1csc(C(C)(C)C)n1)NC1CCN(c2c(F)cccc2F)C1. The van der Waals surface area contributed by atoms with Crippen molar-refractivity contribution in [1.82, 2.24) is 15.6 Å². The van der Waals surface area contributed by atoms with Crippen LogP contribution in [0.15, 0.2) is 28.6 Å². The van der Waals surface area contributed by atoms with Gasteiger partial charge in [-0.3, -0.25) is 4.99 Å². The van der Waals surface area contributed by atoms with Gasteiger partial charge in [-0.15, -0.1) is 11.3 Å². The highest BCUT2D eigenvalue weighted by molar-refractivity contribution is 7.09. The maximum Gasteiger partial charge on any atom is 0.191 e. The summed E-state index contributed by atoms with van der Waals surface area (Å²) in [5, 5.41) is 9.77. The van der Waals surface area contributed by atoms with E-state index in [1.54, 1.807) is 23.3 Å². The Bertz CT molecular complexity index is 823. The lowest BCUT2D eigenvalue weighted by molar-refractivity contribution is 0.575. The summed E-state index contributed by atoms with van der Waals surface area (Å²) in [6.07, 6.45) is 0.777. The minimum atomic E-state index is -0.527. The van der Waals surface area contributed by atoms with Crippen LogP contribution in [0.3, 0.4) is 0 Å². The molecule has 2 heterocycles. The van der Waals surface area contributed by atoms with Crippen molar-refractivity contribution >= 4 is 23.0 Å². The smallest absolute Gasteiger partial charge is 0.191 e. The number of halogens is 2. The summed E-state index contributed by atoms with van der Waals surface area (Å²) in [5.41, 5.74) is 1.06. The van der Waals surface area contributed by atoms with Gasteiger partial charge < -0.3 is 15.5 Å². The van der Waals surface area contributed by atoms with Crippen LogP contribution in [-0.4, -0.2) is 37.1 Å². The van der Waals surface area contributed by atoms with Gasteiger partial charge in [0.2, 0.25) is 0 Å². The van der Waals surface area contributed by atoms with Crippen LogP contribution in [0, 0.1) is 11.6 Å². The summed E-state index contributed by atoms with van der Waals surface area (Å²) in [4.78, 5) is 10.7. The quantitative estimate of drug-likeness (QED) is 0.600. The second-order valence-electron chi connectivity index (χ2n) is 7.97. The van der Waals surface area contributed by atoms with Crippen LogP contribution in [-0.2, 0) is 12.0 Å². The number of guanidine groups is 1. The minimum absolute atomic E-state index is 0.0398. The van der Waals surface area contributed by atoms with Crippen LogP contribution >= 0.6 is 11.3 Å². The standard InChI is InChI=1S/C20H27F2N5S/c1-20(2,3)18-25-14(12-28-18)10-24-19(23-4)26-13-8-9-27(11-13)17-15(21)6-5-7-16(17)22/h5-7,12-13H,8-11H2,1-4H3,(H2,23,24,26). The molecule has 1 aliphatic rings. The second-order valence-corrected chi connectivity index (χ2v) is 8.82. The van der Waals surface area contributed by atoms with Crippen molar-refractivity contribution in [2.24, 2.45) is 4.99 Å². The molecule has 1 aliphatic heterocycles. The van der Waals surface area contributed by atoms with E-state index in [0.29, 0.717) is 25.6 Å². The lowest BCUT2D eigenvalue weighted by atomic mass is 9.98. The van der Waals surface area contributed by atoms with Crippen molar-refractivity contribution in [1.29, 1.82) is 0 Å². The molecule has 1 aromatic carbocycles. The number of para-hydroxylation sites is 1. The van der Waals surface area contributed by atoms with E-state index in [9.17, 15) is 8.78 Å². The molecule has 2 N–H and O–H groups in total. The van der Waals surface area contributed by atoms with E-state index in [4.69, 9.17) is 0 Å².